The molecule has 1 aromatic carbocycles. The van der Waals surface area contributed by atoms with E-state index in [0.29, 0.717) is 29.3 Å². The van der Waals surface area contributed by atoms with Gasteiger partial charge >= 0.3 is 17.9 Å². The maximum Gasteiger partial charge on any atom is 0.323 e. The number of carbonyl (C=O) groups excluding carboxylic acids is 4. The zero-order valence-electron chi connectivity index (χ0n) is 24.3. The Bertz CT molecular complexity index is 1060. The zero-order valence-corrected chi connectivity index (χ0v) is 26.0. The van der Waals surface area contributed by atoms with Crippen molar-refractivity contribution in [1.29, 1.82) is 0 Å². The van der Waals surface area contributed by atoms with E-state index in [1.165, 1.54) is 22.9 Å². The Balaban J connectivity index is 2.97. The molecule has 0 fully saturated rings. The monoisotopic (exact) mass is 582 g/mol. The fraction of sp³-hybridized carbons (Fsp3) is 0.571. The highest BCUT2D eigenvalue weighted by Gasteiger charge is 2.28. The van der Waals surface area contributed by atoms with Gasteiger partial charge < -0.3 is 25.3 Å². The van der Waals surface area contributed by atoms with E-state index >= 15 is 0 Å². The smallest absolute Gasteiger partial charge is 0.323 e. The van der Waals surface area contributed by atoms with Gasteiger partial charge in [0.05, 0.1) is 17.4 Å². The van der Waals surface area contributed by atoms with Crippen molar-refractivity contribution >= 4 is 45.9 Å². The number of carbonyl (C=O) groups is 4. The number of benzene rings is 1. The van der Waals surface area contributed by atoms with Crippen LogP contribution in [0.25, 0.3) is 0 Å². The summed E-state index contributed by atoms with van der Waals surface area (Å²) in [5, 5.41) is 3.02. The average molecular weight is 583 g/mol. The first-order valence-electron chi connectivity index (χ1n) is 12.7. The number of rotatable bonds is 13. The third-order valence-electron chi connectivity index (χ3n) is 5.00. The zero-order chi connectivity index (χ0) is 30.0. The molecular formula is C28H42N2O7S2. The molecule has 39 heavy (non-hydrogen) atoms. The second-order valence-electron chi connectivity index (χ2n) is 11.3. The molecule has 9 nitrogen and oxygen atoms in total. The molecule has 11 heteroatoms. The number of hydrogen-bond acceptors (Lipinski definition) is 10. The van der Waals surface area contributed by atoms with Gasteiger partial charge in [0.15, 0.2) is 11.5 Å². The molecule has 0 aliphatic rings. The van der Waals surface area contributed by atoms with E-state index in [-0.39, 0.29) is 24.5 Å². The average Bonchev–Trinajstić information content (AvgIpc) is 2.81. The van der Waals surface area contributed by atoms with Crippen molar-refractivity contribution in [2.45, 2.75) is 86.4 Å². The second-order valence-corrected chi connectivity index (χ2v) is 14.2. The third-order valence-corrected chi connectivity index (χ3v) is 8.24. The van der Waals surface area contributed by atoms with E-state index in [4.69, 9.17) is 19.9 Å². The molecule has 1 amide bonds. The minimum Gasteiger partial charge on any atom is -0.464 e. The van der Waals surface area contributed by atoms with Gasteiger partial charge in [-0.05, 0) is 72.6 Å². The lowest BCUT2D eigenvalue weighted by Crippen LogP contribution is -2.34. The summed E-state index contributed by atoms with van der Waals surface area (Å²) in [5.41, 5.74) is 5.87. The molecule has 0 spiro atoms. The Morgan fingerprint density at radius 1 is 1.00 bits per heavy atom. The molecular weight excluding hydrogens is 540 g/mol. The van der Waals surface area contributed by atoms with E-state index in [1.807, 2.05) is 0 Å². The summed E-state index contributed by atoms with van der Waals surface area (Å²) in [6, 6.07) is 3.74. The lowest BCUT2D eigenvalue weighted by molar-refractivity contribution is -0.145. The van der Waals surface area contributed by atoms with Crippen molar-refractivity contribution < 1.29 is 33.4 Å². The van der Waals surface area contributed by atoms with Crippen LogP contribution in [0.2, 0.25) is 0 Å². The molecule has 0 radical (unpaired) electrons. The maximum atomic E-state index is 12.6. The minimum atomic E-state index is -0.974. The topological polar surface area (TPSA) is 134 Å². The van der Waals surface area contributed by atoms with Crippen LogP contribution >= 0.6 is 21.6 Å². The summed E-state index contributed by atoms with van der Waals surface area (Å²) >= 11 is 0. The summed E-state index contributed by atoms with van der Waals surface area (Å²) in [7, 11) is 3.17. The van der Waals surface area contributed by atoms with Crippen molar-refractivity contribution in [3.05, 3.63) is 34.4 Å². The number of ether oxygens (including phenoxy) is 3. The predicted molar refractivity (Wildman–Crippen MR) is 156 cm³/mol. The van der Waals surface area contributed by atoms with E-state index < -0.39 is 34.8 Å². The maximum absolute atomic E-state index is 12.6. The second kappa shape index (κ2) is 15.3. The number of hydrogen-bond donors (Lipinski definition) is 2. The van der Waals surface area contributed by atoms with Gasteiger partial charge in [-0.3, -0.25) is 19.2 Å². The molecule has 3 N–H and O–H groups in total. The van der Waals surface area contributed by atoms with Crippen LogP contribution < -0.4 is 20.5 Å². The Labute approximate surface area is 239 Å². The van der Waals surface area contributed by atoms with Crippen molar-refractivity contribution in [3.63, 3.8) is 0 Å². The Morgan fingerprint density at radius 2 is 1.56 bits per heavy atom. The van der Waals surface area contributed by atoms with Crippen LogP contribution in [0, 0.1) is 10.8 Å². The summed E-state index contributed by atoms with van der Waals surface area (Å²) < 4.78 is 16.5. The number of allylic oxidation sites excluding steroid dienone is 1. The Morgan fingerprint density at radius 3 is 2.08 bits per heavy atom. The molecule has 1 aromatic rings. The van der Waals surface area contributed by atoms with Crippen LogP contribution in [0.1, 0.15) is 74.3 Å². The van der Waals surface area contributed by atoms with Gasteiger partial charge in [-0.25, -0.2) is 0 Å². The Hall–Kier alpha value is -2.50. The van der Waals surface area contributed by atoms with Crippen LogP contribution in [0.4, 0.5) is 0 Å². The molecule has 1 unspecified atom stereocenters. The molecule has 1 rings (SSSR count). The quantitative estimate of drug-likeness (QED) is 0.139. The number of esters is 3. The van der Waals surface area contributed by atoms with Crippen LogP contribution in [0.5, 0.6) is 11.5 Å². The molecule has 0 saturated carbocycles. The first-order chi connectivity index (χ1) is 17.9. The van der Waals surface area contributed by atoms with Gasteiger partial charge in [-0.2, -0.15) is 0 Å². The van der Waals surface area contributed by atoms with Crippen molar-refractivity contribution in [3.8, 4) is 11.5 Å². The number of nitrogens with two attached hydrogens (primary N) is 1. The lowest BCUT2D eigenvalue weighted by Gasteiger charge is -2.21. The fourth-order valence-corrected chi connectivity index (χ4v) is 4.86. The van der Waals surface area contributed by atoms with Crippen LogP contribution in [0.3, 0.4) is 0 Å². The minimum absolute atomic E-state index is 0.0678. The number of nitrogens with one attached hydrogen (secondary N) is 1. The first-order valence-corrected chi connectivity index (χ1v) is 14.9. The summed E-state index contributed by atoms with van der Waals surface area (Å²) in [6.45, 7) is 16.3. The highest BCUT2D eigenvalue weighted by Crippen LogP contribution is 2.37. The van der Waals surface area contributed by atoms with Gasteiger partial charge in [0.25, 0.3) is 0 Å². The van der Waals surface area contributed by atoms with Gasteiger partial charge in [-0.1, -0.05) is 41.5 Å². The molecule has 0 aliphatic carbocycles. The molecule has 0 heterocycles. The molecule has 0 aromatic heterocycles. The van der Waals surface area contributed by atoms with Crippen LogP contribution in [-0.2, 0) is 30.3 Å². The highest BCUT2D eigenvalue weighted by atomic mass is 33.1. The normalized spacial score (nSPS) is 13.3. The van der Waals surface area contributed by atoms with E-state index in [9.17, 15) is 19.2 Å². The highest BCUT2D eigenvalue weighted by molar-refractivity contribution is 8.78. The fourth-order valence-electron chi connectivity index (χ4n) is 2.65. The Kier molecular flexibility index (Phi) is 13.6. The molecule has 0 aliphatic heterocycles. The first kappa shape index (κ1) is 34.5. The van der Waals surface area contributed by atoms with E-state index in [1.54, 1.807) is 65.3 Å². The summed E-state index contributed by atoms with van der Waals surface area (Å²) in [6.07, 6.45) is 1.15. The summed E-state index contributed by atoms with van der Waals surface area (Å²) in [4.78, 5) is 49.4. The van der Waals surface area contributed by atoms with Gasteiger partial charge in [0.1, 0.15) is 6.04 Å². The lowest BCUT2D eigenvalue weighted by atomic mass is 9.97. The van der Waals surface area contributed by atoms with Gasteiger partial charge in [0, 0.05) is 22.3 Å². The SMILES string of the molecule is CC(NC=O)=C(CCOC(=O)C(N)Cc1ccc(OC(=O)C(C)(C)C)c(OC(=O)C(C)(C)C)c1)SSC(C)C. The largest absolute Gasteiger partial charge is 0.464 e. The standard InChI is InChI=1S/C28H42N2O7S2/c1-17(2)38-39-23(18(3)30-16-31)12-13-35-24(32)20(29)14-19-10-11-21(36-25(33)27(4,5)6)22(15-19)37-26(34)28(7,8)9/h10-11,15-17,20H,12-14,29H2,1-9H3,(H,30,31). The van der Waals surface area contributed by atoms with E-state index in [0.717, 1.165) is 4.91 Å². The van der Waals surface area contributed by atoms with Crippen molar-refractivity contribution in [2.75, 3.05) is 6.61 Å². The predicted octanol–water partition coefficient (Wildman–Crippen LogP) is 5.16. The number of amides is 1. The summed E-state index contributed by atoms with van der Waals surface area (Å²) in [5.74, 6) is -1.41. The molecule has 218 valence electrons. The van der Waals surface area contributed by atoms with Gasteiger partial charge in [-0.15, -0.1) is 0 Å². The molecule has 1 atom stereocenters. The molecule has 0 bridgehead atoms. The van der Waals surface area contributed by atoms with Crippen LogP contribution in [-0.4, -0.2) is 42.2 Å². The van der Waals surface area contributed by atoms with E-state index in [2.05, 4.69) is 19.2 Å². The third kappa shape index (κ3) is 12.5. The van der Waals surface area contributed by atoms with Crippen molar-refractivity contribution in [2.24, 2.45) is 16.6 Å². The van der Waals surface area contributed by atoms with Crippen molar-refractivity contribution in [1.82, 2.24) is 5.32 Å². The van der Waals surface area contributed by atoms with Gasteiger partial charge in [0.2, 0.25) is 6.41 Å². The van der Waals surface area contributed by atoms with Crippen LogP contribution in [0.15, 0.2) is 28.8 Å². The molecule has 0 saturated heterocycles.